The first-order valence-corrected chi connectivity index (χ1v) is 13.0. The van der Waals surface area contributed by atoms with Crippen LogP contribution in [0, 0.1) is 12.8 Å². The average molecular weight is 507 g/mol. The summed E-state index contributed by atoms with van der Waals surface area (Å²) < 4.78 is 12.7. The number of aromatic nitrogens is 2. The number of fused-ring (bicyclic) bond motifs is 1. The zero-order valence-corrected chi connectivity index (χ0v) is 21.3. The molecule has 37 heavy (non-hydrogen) atoms. The van der Waals surface area contributed by atoms with E-state index in [1.807, 2.05) is 37.3 Å². The number of nitrogens with zero attached hydrogens (tertiary/aromatic N) is 1. The maximum atomic E-state index is 13.0. The van der Waals surface area contributed by atoms with Crippen LogP contribution in [0.3, 0.4) is 0 Å². The SMILES string of the molecule is COc1cc(NC(=O)C2CCC(n3c(=O)[nH]c4c(C(=O)NCC5CCCO5)cccc43)CC2)ccc1C. The Morgan fingerprint density at radius 1 is 1.14 bits per heavy atom. The van der Waals surface area contributed by atoms with Crippen molar-refractivity contribution in [1.82, 2.24) is 14.9 Å². The summed E-state index contributed by atoms with van der Waals surface area (Å²) >= 11 is 0. The van der Waals surface area contributed by atoms with E-state index in [-0.39, 0.29) is 35.6 Å². The largest absolute Gasteiger partial charge is 0.496 e. The number of hydrogen-bond acceptors (Lipinski definition) is 5. The van der Waals surface area contributed by atoms with Crippen molar-refractivity contribution in [3.8, 4) is 5.75 Å². The van der Waals surface area contributed by atoms with Gasteiger partial charge in [-0.15, -0.1) is 0 Å². The summed E-state index contributed by atoms with van der Waals surface area (Å²) in [6, 6.07) is 11.0. The van der Waals surface area contributed by atoms with E-state index in [1.54, 1.807) is 17.7 Å². The summed E-state index contributed by atoms with van der Waals surface area (Å²) in [7, 11) is 1.61. The maximum Gasteiger partial charge on any atom is 0.326 e. The number of nitrogens with one attached hydrogen (secondary N) is 3. The number of para-hydroxylation sites is 1. The van der Waals surface area contributed by atoms with E-state index in [9.17, 15) is 14.4 Å². The van der Waals surface area contributed by atoms with E-state index >= 15 is 0 Å². The van der Waals surface area contributed by atoms with Gasteiger partial charge in [0.2, 0.25) is 5.91 Å². The molecule has 196 valence electrons. The third-order valence-electron chi connectivity index (χ3n) is 7.62. The van der Waals surface area contributed by atoms with Crippen molar-refractivity contribution >= 4 is 28.5 Å². The van der Waals surface area contributed by atoms with Gasteiger partial charge in [-0.2, -0.15) is 0 Å². The minimum absolute atomic E-state index is 0.0131. The van der Waals surface area contributed by atoms with Gasteiger partial charge in [0.05, 0.1) is 29.8 Å². The van der Waals surface area contributed by atoms with Crippen LogP contribution in [0.2, 0.25) is 0 Å². The smallest absolute Gasteiger partial charge is 0.326 e. The Morgan fingerprint density at radius 3 is 2.68 bits per heavy atom. The number of aromatic amines is 1. The lowest BCUT2D eigenvalue weighted by Gasteiger charge is -2.28. The molecular formula is C28H34N4O5. The molecule has 2 fully saturated rings. The minimum Gasteiger partial charge on any atom is -0.496 e. The van der Waals surface area contributed by atoms with E-state index in [0.29, 0.717) is 49.0 Å². The van der Waals surface area contributed by atoms with Crippen molar-refractivity contribution < 1.29 is 19.1 Å². The highest BCUT2D eigenvalue weighted by atomic mass is 16.5. The van der Waals surface area contributed by atoms with Crippen molar-refractivity contribution in [3.05, 3.63) is 58.0 Å². The second-order valence-electron chi connectivity index (χ2n) is 10.0. The van der Waals surface area contributed by atoms with Gasteiger partial charge in [-0.3, -0.25) is 14.2 Å². The monoisotopic (exact) mass is 506 g/mol. The van der Waals surface area contributed by atoms with Gasteiger partial charge < -0.3 is 25.1 Å². The van der Waals surface area contributed by atoms with Crippen LogP contribution in [-0.4, -0.2) is 47.7 Å². The fourth-order valence-electron chi connectivity index (χ4n) is 5.55. The first-order chi connectivity index (χ1) is 17.9. The molecule has 9 heteroatoms. The van der Waals surface area contributed by atoms with Gasteiger partial charge in [-0.1, -0.05) is 12.1 Å². The Morgan fingerprint density at radius 2 is 1.95 bits per heavy atom. The number of carbonyl (C=O) groups excluding carboxylic acids is 2. The summed E-state index contributed by atoms with van der Waals surface area (Å²) in [4.78, 5) is 41.7. The molecule has 2 amide bonds. The summed E-state index contributed by atoms with van der Waals surface area (Å²) in [5.41, 5.74) is 3.21. The number of hydrogen-bond donors (Lipinski definition) is 3. The molecule has 1 aliphatic carbocycles. The molecule has 1 saturated carbocycles. The van der Waals surface area contributed by atoms with Crippen molar-refractivity contribution in [3.63, 3.8) is 0 Å². The molecule has 3 aromatic rings. The van der Waals surface area contributed by atoms with Crippen LogP contribution < -0.4 is 21.1 Å². The van der Waals surface area contributed by atoms with Crippen LogP contribution in [0.1, 0.15) is 60.5 Å². The van der Waals surface area contributed by atoms with Crippen molar-refractivity contribution in [2.24, 2.45) is 5.92 Å². The highest BCUT2D eigenvalue weighted by molar-refractivity contribution is 6.05. The highest BCUT2D eigenvalue weighted by Gasteiger charge is 2.29. The summed E-state index contributed by atoms with van der Waals surface area (Å²) in [6.45, 7) is 3.15. The number of H-pyrrole nitrogens is 1. The molecular weight excluding hydrogens is 472 g/mol. The summed E-state index contributed by atoms with van der Waals surface area (Å²) in [5.74, 6) is 0.382. The Balaban J connectivity index is 1.25. The van der Waals surface area contributed by atoms with Crippen LogP contribution in [0.15, 0.2) is 41.2 Å². The molecule has 1 aromatic heterocycles. The number of methoxy groups -OCH3 is 1. The highest BCUT2D eigenvalue weighted by Crippen LogP contribution is 2.34. The van der Waals surface area contributed by atoms with Gasteiger partial charge in [0.15, 0.2) is 0 Å². The molecule has 1 unspecified atom stereocenters. The molecule has 1 aliphatic heterocycles. The first kappa shape index (κ1) is 25.1. The molecule has 2 heterocycles. The van der Waals surface area contributed by atoms with Gasteiger partial charge in [0.1, 0.15) is 5.75 Å². The molecule has 9 nitrogen and oxygen atoms in total. The Bertz CT molecular complexity index is 1350. The topological polar surface area (TPSA) is 114 Å². The van der Waals surface area contributed by atoms with Crippen molar-refractivity contribution in [1.29, 1.82) is 0 Å². The number of imidazole rings is 1. The molecule has 2 aliphatic rings. The lowest BCUT2D eigenvalue weighted by Crippen LogP contribution is -2.31. The normalized spacial score (nSPS) is 21.6. The molecule has 5 rings (SSSR count). The van der Waals surface area contributed by atoms with Gasteiger partial charge in [0.25, 0.3) is 5.91 Å². The van der Waals surface area contributed by atoms with Gasteiger partial charge in [-0.25, -0.2) is 4.79 Å². The molecule has 1 atom stereocenters. The number of anilines is 1. The molecule has 2 aromatic carbocycles. The number of ether oxygens (including phenoxy) is 2. The van der Waals surface area contributed by atoms with E-state index in [4.69, 9.17) is 9.47 Å². The number of aryl methyl sites for hydroxylation is 1. The second kappa shape index (κ2) is 10.8. The fraction of sp³-hybridized carbons (Fsp3) is 0.464. The zero-order valence-electron chi connectivity index (χ0n) is 21.3. The van der Waals surface area contributed by atoms with Crippen molar-refractivity contribution in [2.45, 2.75) is 57.6 Å². The molecule has 3 N–H and O–H groups in total. The first-order valence-electron chi connectivity index (χ1n) is 13.0. The van der Waals surface area contributed by atoms with Crippen LogP contribution in [-0.2, 0) is 9.53 Å². The Labute approximate surface area is 215 Å². The van der Waals surface area contributed by atoms with Gasteiger partial charge in [-0.05, 0) is 69.2 Å². The Kier molecular flexibility index (Phi) is 7.32. The summed E-state index contributed by atoms with van der Waals surface area (Å²) in [5, 5.41) is 5.95. The van der Waals surface area contributed by atoms with E-state index in [1.165, 1.54) is 0 Å². The lowest BCUT2D eigenvalue weighted by molar-refractivity contribution is -0.121. The van der Waals surface area contributed by atoms with E-state index < -0.39 is 0 Å². The fourth-order valence-corrected chi connectivity index (χ4v) is 5.55. The molecule has 0 bridgehead atoms. The number of carbonyl (C=O) groups is 2. The quantitative estimate of drug-likeness (QED) is 0.449. The van der Waals surface area contributed by atoms with Crippen molar-refractivity contribution in [2.75, 3.05) is 25.6 Å². The number of rotatable bonds is 7. The van der Waals surface area contributed by atoms with E-state index in [2.05, 4.69) is 15.6 Å². The predicted molar refractivity (Wildman–Crippen MR) is 141 cm³/mol. The number of benzene rings is 2. The van der Waals surface area contributed by atoms with Gasteiger partial charge in [0, 0.05) is 36.9 Å². The van der Waals surface area contributed by atoms with E-state index in [0.717, 1.165) is 36.3 Å². The van der Waals surface area contributed by atoms with Crippen LogP contribution in [0.5, 0.6) is 5.75 Å². The summed E-state index contributed by atoms with van der Waals surface area (Å²) in [6.07, 6.45) is 4.77. The maximum absolute atomic E-state index is 13.0. The van der Waals surface area contributed by atoms with Crippen LogP contribution >= 0.6 is 0 Å². The molecule has 1 saturated heterocycles. The van der Waals surface area contributed by atoms with Crippen LogP contribution in [0.4, 0.5) is 5.69 Å². The number of amides is 2. The van der Waals surface area contributed by atoms with Gasteiger partial charge >= 0.3 is 5.69 Å². The minimum atomic E-state index is -0.228. The second-order valence-corrected chi connectivity index (χ2v) is 10.0. The third kappa shape index (κ3) is 5.27. The third-order valence-corrected chi connectivity index (χ3v) is 7.62. The predicted octanol–water partition coefficient (Wildman–Crippen LogP) is 3.93. The average Bonchev–Trinajstić information content (AvgIpc) is 3.55. The molecule has 0 radical (unpaired) electrons. The lowest BCUT2D eigenvalue weighted by atomic mass is 9.85. The Hall–Kier alpha value is -3.59. The standard InChI is InChI=1S/C28H34N4O5/c1-17-8-11-19(15-24(17)36-2)30-26(33)18-9-12-20(13-10-18)32-23-7-3-6-22(25(23)31-28(32)35)27(34)29-16-21-5-4-14-37-21/h3,6-8,11,15,18,20-21H,4-5,9-10,12-14,16H2,1-2H3,(H,29,34)(H,30,33)(H,31,35). The van der Waals surface area contributed by atoms with Crippen LogP contribution in [0.25, 0.3) is 11.0 Å². The molecule has 0 spiro atoms. The zero-order chi connectivity index (χ0) is 25.9.